The minimum atomic E-state index is -0.286. The van der Waals surface area contributed by atoms with E-state index in [0.29, 0.717) is 29.5 Å². The molecule has 2 aromatic carbocycles. The van der Waals surface area contributed by atoms with Gasteiger partial charge in [0.15, 0.2) is 18.1 Å². The number of methoxy groups -OCH3 is 2. The third-order valence-corrected chi connectivity index (χ3v) is 4.09. The minimum absolute atomic E-state index is 0.136. The van der Waals surface area contributed by atoms with Gasteiger partial charge in [-0.1, -0.05) is 18.2 Å². The lowest BCUT2D eigenvalue weighted by Gasteiger charge is -2.24. The van der Waals surface area contributed by atoms with Crippen LogP contribution in [0.3, 0.4) is 0 Å². The number of para-hydroxylation sites is 2. The van der Waals surface area contributed by atoms with Crippen LogP contribution >= 0.6 is 0 Å². The highest BCUT2D eigenvalue weighted by Gasteiger charge is 2.16. The Balaban J connectivity index is 1.92. The van der Waals surface area contributed by atoms with E-state index in [9.17, 15) is 9.59 Å². The number of amides is 2. The van der Waals surface area contributed by atoms with Crippen molar-refractivity contribution in [2.45, 2.75) is 13.8 Å². The number of nitrogens with one attached hydrogen (secondary N) is 1. The summed E-state index contributed by atoms with van der Waals surface area (Å²) >= 11 is 0. The number of hydrogen-bond acceptors (Lipinski definition) is 5. The van der Waals surface area contributed by atoms with E-state index in [1.165, 1.54) is 14.0 Å². The first-order valence-electron chi connectivity index (χ1n) is 8.91. The average molecular weight is 386 g/mol. The molecule has 0 aliphatic carbocycles. The van der Waals surface area contributed by atoms with Gasteiger partial charge < -0.3 is 24.4 Å². The van der Waals surface area contributed by atoms with Gasteiger partial charge in [0.05, 0.1) is 19.9 Å². The minimum Gasteiger partial charge on any atom is -0.495 e. The van der Waals surface area contributed by atoms with E-state index in [-0.39, 0.29) is 25.0 Å². The van der Waals surface area contributed by atoms with E-state index in [2.05, 4.69) is 5.32 Å². The van der Waals surface area contributed by atoms with Crippen molar-refractivity contribution in [2.75, 3.05) is 38.8 Å². The summed E-state index contributed by atoms with van der Waals surface area (Å²) in [6.07, 6.45) is 0. The van der Waals surface area contributed by atoms with E-state index in [1.807, 2.05) is 31.2 Å². The van der Waals surface area contributed by atoms with E-state index in [1.54, 1.807) is 30.2 Å². The number of benzene rings is 2. The van der Waals surface area contributed by atoms with Crippen molar-refractivity contribution in [1.29, 1.82) is 0 Å². The van der Waals surface area contributed by atoms with Crippen LogP contribution in [-0.2, 0) is 9.59 Å². The molecule has 2 rings (SSSR count). The van der Waals surface area contributed by atoms with Crippen molar-refractivity contribution in [1.82, 2.24) is 5.32 Å². The number of nitrogens with zero attached hydrogens (tertiary/aromatic N) is 1. The molecular weight excluding hydrogens is 360 g/mol. The molecule has 7 nitrogen and oxygen atoms in total. The average Bonchev–Trinajstić information content (AvgIpc) is 2.69. The second-order valence-corrected chi connectivity index (χ2v) is 6.14. The van der Waals surface area contributed by atoms with Crippen LogP contribution in [0.2, 0.25) is 0 Å². The first kappa shape index (κ1) is 21.1. The smallest absolute Gasteiger partial charge is 0.258 e. The molecule has 0 aliphatic rings. The van der Waals surface area contributed by atoms with Crippen molar-refractivity contribution in [3.05, 3.63) is 48.0 Å². The molecule has 28 heavy (non-hydrogen) atoms. The summed E-state index contributed by atoms with van der Waals surface area (Å²) in [5.74, 6) is 1.24. The normalized spacial score (nSPS) is 10.1. The highest BCUT2D eigenvalue weighted by atomic mass is 16.5. The fourth-order valence-corrected chi connectivity index (χ4v) is 2.70. The number of aryl methyl sites for hydroxylation is 1. The van der Waals surface area contributed by atoms with Crippen LogP contribution in [0.15, 0.2) is 42.5 Å². The monoisotopic (exact) mass is 386 g/mol. The molecule has 0 saturated carbocycles. The molecule has 150 valence electrons. The molecule has 0 aliphatic heterocycles. The number of ether oxygens (including phenoxy) is 3. The van der Waals surface area contributed by atoms with Crippen LogP contribution in [-0.4, -0.2) is 45.7 Å². The van der Waals surface area contributed by atoms with E-state index in [4.69, 9.17) is 14.2 Å². The maximum Gasteiger partial charge on any atom is 0.258 e. The van der Waals surface area contributed by atoms with Gasteiger partial charge in [0.1, 0.15) is 5.75 Å². The molecule has 0 radical (unpaired) electrons. The quantitative estimate of drug-likeness (QED) is 0.717. The van der Waals surface area contributed by atoms with Crippen LogP contribution < -0.4 is 24.4 Å². The van der Waals surface area contributed by atoms with E-state index >= 15 is 0 Å². The molecule has 2 amide bonds. The lowest BCUT2D eigenvalue weighted by atomic mass is 10.2. The molecule has 0 unspecified atom stereocenters. The standard InChI is InChI=1S/C21H26N2O5/c1-15-9-10-18(26-3)17(13-15)23(16(2)24)12-11-22-21(25)14-28-20-8-6-5-7-19(20)27-4/h5-10,13H,11-12,14H2,1-4H3,(H,22,25). The zero-order chi connectivity index (χ0) is 20.5. The molecule has 2 aromatic rings. The predicted octanol–water partition coefficient (Wildman–Crippen LogP) is 2.56. The van der Waals surface area contributed by atoms with Crippen molar-refractivity contribution < 1.29 is 23.8 Å². The van der Waals surface area contributed by atoms with E-state index < -0.39 is 0 Å². The maximum absolute atomic E-state index is 12.1. The Hall–Kier alpha value is -3.22. The van der Waals surface area contributed by atoms with Crippen molar-refractivity contribution in [3.63, 3.8) is 0 Å². The second kappa shape index (κ2) is 10.2. The zero-order valence-corrected chi connectivity index (χ0v) is 16.7. The molecule has 7 heteroatoms. The molecule has 0 spiro atoms. The topological polar surface area (TPSA) is 77.1 Å². The number of anilines is 1. The SMILES string of the molecule is COc1ccccc1OCC(=O)NCCN(C(C)=O)c1cc(C)ccc1OC. The van der Waals surface area contributed by atoms with Crippen molar-refractivity contribution >= 4 is 17.5 Å². The number of rotatable bonds is 9. The zero-order valence-electron chi connectivity index (χ0n) is 16.7. The number of carbonyl (C=O) groups is 2. The third kappa shape index (κ3) is 5.64. The van der Waals surface area contributed by atoms with Gasteiger partial charge in [0, 0.05) is 20.0 Å². The summed E-state index contributed by atoms with van der Waals surface area (Å²) in [5, 5.41) is 2.76. The van der Waals surface area contributed by atoms with Gasteiger partial charge in [-0.2, -0.15) is 0 Å². The molecule has 0 saturated heterocycles. The highest BCUT2D eigenvalue weighted by molar-refractivity contribution is 5.93. The summed E-state index contributed by atoms with van der Waals surface area (Å²) in [5.41, 5.74) is 1.69. The van der Waals surface area contributed by atoms with Gasteiger partial charge in [0.2, 0.25) is 5.91 Å². The summed E-state index contributed by atoms with van der Waals surface area (Å²) in [6, 6.07) is 12.7. The highest BCUT2D eigenvalue weighted by Crippen LogP contribution is 2.29. The van der Waals surface area contributed by atoms with E-state index in [0.717, 1.165) is 5.56 Å². The van der Waals surface area contributed by atoms with Crippen molar-refractivity contribution in [2.24, 2.45) is 0 Å². The Morgan fingerprint density at radius 1 is 1.00 bits per heavy atom. The summed E-state index contributed by atoms with van der Waals surface area (Å²) < 4.78 is 16.0. The van der Waals surface area contributed by atoms with Gasteiger partial charge in [0.25, 0.3) is 5.91 Å². The lowest BCUT2D eigenvalue weighted by Crippen LogP contribution is -2.39. The molecule has 0 fully saturated rings. The first-order chi connectivity index (χ1) is 13.5. The van der Waals surface area contributed by atoms with Crippen LogP contribution in [0.5, 0.6) is 17.2 Å². The van der Waals surface area contributed by atoms with Crippen molar-refractivity contribution in [3.8, 4) is 17.2 Å². The van der Waals surface area contributed by atoms with Crippen LogP contribution in [0.4, 0.5) is 5.69 Å². The Kier molecular flexibility index (Phi) is 7.68. The first-order valence-corrected chi connectivity index (χ1v) is 8.91. The number of carbonyl (C=O) groups excluding carboxylic acids is 2. The molecule has 1 N–H and O–H groups in total. The molecular formula is C21H26N2O5. The summed E-state index contributed by atoms with van der Waals surface area (Å²) in [7, 11) is 3.10. The third-order valence-electron chi connectivity index (χ3n) is 4.09. The molecule has 0 aromatic heterocycles. The molecule has 0 heterocycles. The Morgan fingerprint density at radius 2 is 1.68 bits per heavy atom. The molecule has 0 bridgehead atoms. The molecule has 0 atom stereocenters. The predicted molar refractivity (Wildman–Crippen MR) is 107 cm³/mol. The van der Waals surface area contributed by atoms with Crippen LogP contribution in [0, 0.1) is 6.92 Å². The van der Waals surface area contributed by atoms with Gasteiger partial charge in [-0.3, -0.25) is 9.59 Å². The maximum atomic E-state index is 12.1. The van der Waals surface area contributed by atoms with Gasteiger partial charge in [-0.15, -0.1) is 0 Å². The van der Waals surface area contributed by atoms with Gasteiger partial charge in [-0.05, 0) is 36.8 Å². The largest absolute Gasteiger partial charge is 0.495 e. The number of hydrogen-bond donors (Lipinski definition) is 1. The van der Waals surface area contributed by atoms with Gasteiger partial charge in [-0.25, -0.2) is 0 Å². The Bertz CT molecular complexity index is 822. The fourth-order valence-electron chi connectivity index (χ4n) is 2.70. The van der Waals surface area contributed by atoms with Gasteiger partial charge >= 0.3 is 0 Å². The summed E-state index contributed by atoms with van der Waals surface area (Å²) in [4.78, 5) is 25.8. The second-order valence-electron chi connectivity index (χ2n) is 6.14. The van der Waals surface area contributed by atoms with Crippen LogP contribution in [0.1, 0.15) is 12.5 Å². The lowest BCUT2D eigenvalue weighted by molar-refractivity contribution is -0.123. The Morgan fingerprint density at radius 3 is 2.32 bits per heavy atom. The Labute approximate surface area is 165 Å². The van der Waals surface area contributed by atoms with Crippen LogP contribution in [0.25, 0.3) is 0 Å². The summed E-state index contributed by atoms with van der Waals surface area (Å²) in [6.45, 7) is 3.88. The fraction of sp³-hybridized carbons (Fsp3) is 0.333.